The Labute approximate surface area is 107 Å². The Kier molecular flexibility index (Phi) is 6.07. The predicted molar refractivity (Wildman–Crippen MR) is 65.9 cm³/mol. The van der Waals surface area contributed by atoms with Crippen molar-refractivity contribution in [3.05, 3.63) is 0 Å². The SMILES string of the molecule is NCCCCCCC(=O)N1CC(O)C[C@H]1C(=O)O. The molecule has 1 aliphatic rings. The van der Waals surface area contributed by atoms with Crippen molar-refractivity contribution in [3.63, 3.8) is 0 Å². The van der Waals surface area contributed by atoms with Crippen LogP contribution in [0.25, 0.3) is 0 Å². The Bertz CT molecular complexity index is 296. The van der Waals surface area contributed by atoms with Crippen LogP contribution in [0.4, 0.5) is 0 Å². The van der Waals surface area contributed by atoms with E-state index < -0.39 is 18.1 Å². The number of aliphatic hydroxyl groups excluding tert-OH is 1. The fourth-order valence-corrected chi connectivity index (χ4v) is 2.24. The third-order valence-corrected chi connectivity index (χ3v) is 3.23. The average molecular weight is 258 g/mol. The second-order valence-corrected chi connectivity index (χ2v) is 4.74. The number of carboxylic acids is 1. The molecule has 1 fully saturated rings. The number of amides is 1. The standard InChI is InChI=1S/C12H22N2O4/c13-6-4-2-1-3-5-11(16)14-8-9(15)7-10(14)12(17)18/h9-10,15H,1-8,13H2,(H,17,18)/t9?,10-/m0/s1. The van der Waals surface area contributed by atoms with Gasteiger partial charge in [-0.2, -0.15) is 0 Å². The largest absolute Gasteiger partial charge is 0.480 e. The molecular weight excluding hydrogens is 236 g/mol. The lowest BCUT2D eigenvalue weighted by atomic mass is 10.1. The van der Waals surface area contributed by atoms with Gasteiger partial charge in [-0.15, -0.1) is 0 Å². The molecule has 0 spiro atoms. The third kappa shape index (κ3) is 4.27. The van der Waals surface area contributed by atoms with Crippen LogP contribution in [0.3, 0.4) is 0 Å². The van der Waals surface area contributed by atoms with E-state index in [1.54, 1.807) is 0 Å². The van der Waals surface area contributed by atoms with Crippen molar-refractivity contribution >= 4 is 11.9 Å². The smallest absolute Gasteiger partial charge is 0.326 e. The molecular formula is C12H22N2O4. The van der Waals surface area contributed by atoms with Crippen molar-refractivity contribution in [2.75, 3.05) is 13.1 Å². The maximum Gasteiger partial charge on any atom is 0.326 e. The second-order valence-electron chi connectivity index (χ2n) is 4.74. The molecule has 0 aliphatic carbocycles. The van der Waals surface area contributed by atoms with E-state index in [9.17, 15) is 14.7 Å². The molecule has 0 aromatic carbocycles. The van der Waals surface area contributed by atoms with E-state index in [2.05, 4.69) is 0 Å². The highest BCUT2D eigenvalue weighted by atomic mass is 16.4. The maximum absolute atomic E-state index is 11.9. The summed E-state index contributed by atoms with van der Waals surface area (Å²) in [6.07, 6.45) is 3.39. The van der Waals surface area contributed by atoms with E-state index >= 15 is 0 Å². The fourth-order valence-electron chi connectivity index (χ4n) is 2.24. The number of β-amino-alcohol motifs (C(OH)–C–C–N with tert-alkyl or cyclic N) is 1. The van der Waals surface area contributed by atoms with E-state index in [4.69, 9.17) is 10.8 Å². The first kappa shape index (κ1) is 14.9. The molecule has 4 N–H and O–H groups in total. The summed E-state index contributed by atoms with van der Waals surface area (Å²) in [4.78, 5) is 24.1. The van der Waals surface area contributed by atoms with Crippen molar-refractivity contribution < 1.29 is 19.8 Å². The van der Waals surface area contributed by atoms with Gasteiger partial charge in [-0.25, -0.2) is 4.79 Å². The molecule has 1 saturated heterocycles. The number of aliphatic hydroxyl groups is 1. The summed E-state index contributed by atoms with van der Waals surface area (Å²) in [5.74, 6) is -1.21. The van der Waals surface area contributed by atoms with Crippen LogP contribution < -0.4 is 5.73 Å². The van der Waals surface area contributed by atoms with Crippen LogP contribution in [0.5, 0.6) is 0 Å². The molecule has 1 rings (SSSR count). The van der Waals surface area contributed by atoms with Crippen LogP contribution in [0.1, 0.15) is 38.5 Å². The number of carboxylic acid groups (broad SMARTS) is 1. The molecule has 0 saturated carbocycles. The molecule has 1 amide bonds. The summed E-state index contributed by atoms with van der Waals surface area (Å²) < 4.78 is 0. The van der Waals surface area contributed by atoms with Crippen LogP contribution in [0.15, 0.2) is 0 Å². The zero-order valence-corrected chi connectivity index (χ0v) is 10.5. The molecule has 6 heteroatoms. The van der Waals surface area contributed by atoms with Crippen LogP contribution >= 0.6 is 0 Å². The summed E-state index contributed by atoms with van der Waals surface area (Å²) >= 11 is 0. The third-order valence-electron chi connectivity index (χ3n) is 3.23. The summed E-state index contributed by atoms with van der Waals surface area (Å²) in [6.45, 7) is 0.798. The number of unbranched alkanes of at least 4 members (excludes halogenated alkanes) is 3. The Morgan fingerprint density at radius 3 is 2.50 bits per heavy atom. The topological polar surface area (TPSA) is 104 Å². The minimum Gasteiger partial charge on any atom is -0.480 e. The molecule has 104 valence electrons. The van der Waals surface area contributed by atoms with Gasteiger partial charge in [0.1, 0.15) is 6.04 Å². The van der Waals surface area contributed by atoms with Gasteiger partial charge in [-0.3, -0.25) is 4.79 Å². The Morgan fingerprint density at radius 1 is 1.22 bits per heavy atom. The molecule has 1 aliphatic heterocycles. The number of carbonyl (C=O) groups is 2. The minimum absolute atomic E-state index is 0.133. The molecule has 6 nitrogen and oxygen atoms in total. The van der Waals surface area contributed by atoms with Crippen LogP contribution in [0.2, 0.25) is 0 Å². The lowest BCUT2D eigenvalue weighted by molar-refractivity contribution is -0.148. The van der Waals surface area contributed by atoms with E-state index in [-0.39, 0.29) is 18.9 Å². The van der Waals surface area contributed by atoms with Crippen molar-refractivity contribution in [1.82, 2.24) is 4.90 Å². The van der Waals surface area contributed by atoms with Crippen LogP contribution in [-0.4, -0.2) is 52.2 Å². The normalized spacial score (nSPS) is 23.3. The van der Waals surface area contributed by atoms with E-state index in [0.717, 1.165) is 25.7 Å². The number of hydrogen-bond donors (Lipinski definition) is 3. The van der Waals surface area contributed by atoms with Gasteiger partial charge in [0.25, 0.3) is 0 Å². The highest BCUT2D eigenvalue weighted by molar-refractivity contribution is 5.84. The van der Waals surface area contributed by atoms with Gasteiger partial charge in [0.15, 0.2) is 0 Å². The summed E-state index contributed by atoms with van der Waals surface area (Å²) in [6, 6.07) is -0.864. The molecule has 0 bridgehead atoms. The first-order valence-electron chi connectivity index (χ1n) is 6.46. The summed E-state index contributed by atoms with van der Waals surface area (Å²) in [7, 11) is 0. The zero-order chi connectivity index (χ0) is 13.5. The first-order valence-corrected chi connectivity index (χ1v) is 6.46. The van der Waals surface area contributed by atoms with Gasteiger partial charge >= 0.3 is 5.97 Å². The molecule has 1 unspecified atom stereocenters. The van der Waals surface area contributed by atoms with Crippen molar-refractivity contribution in [2.24, 2.45) is 5.73 Å². The Hall–Kier alpha value is -1.14. The monoisotopic (exact) mass is 258 g/mol. The van der Waals surface area contributed by atoms with Crippen molar-refractivity contribution in [1.29, 1.82) is 0 Å². The van der Waals surface area contributed by atoms with E-state index in [1.807, 2.05) is 0 Å². The Balaban J connectivity index is 2.33. The van der Waals surface area contributed by atoms with Gasteiger partial charge in [-0.05, 0) is 19.4 Å². The predicted octanol–water partition coefficient (Wildman–Crippen LogP) is -0.0580. The number of carbonyl (C=O) groups excluding carboxylic acids is 1. The van der Waals surface area contributed by atoms with Gasteiger partial charge in [-0.1, -0.05) is 12.8 Å². The molecule has 1 heterocycles. The number of nitrogens with zero attached hydrogens (tertiary/aromatic N) is 1. The molecule has 0 aromatic rings. The van der Waals surface area contributed by atoms with E-state index in [1.165, 1.54) is 4.90 Å². The quantitative estimate of drug-likeness (QED) is 0.555. The average Bonchev–Trinajstić information content (AvgIpc) is 2.71. The first-order chi connectivity index (χ1) is 8.56. The van der Waals surface area contributed by atoms with E-state index in [0.29, 0.717) is 13.0 Å². The Morgan fingerprint density at radius 2 is 1.89 bits per heavy atom. The number of aliphatic carboxylic acids is 1. The summed E-state index contributed by atoms with van der Waals surface area (Å²) in [5.41, 5.74) is 5.37. The number of likely N-dealkylation sites (tertiary alicyclic amines) is 1. The van der Waals surface area contributed by atoms with Gasteiger partial charge in [0, 0.05) is 19.4 Å². The highest BCUT2D eigenvalue weighted by Crippen LogP contribution is 2.20. The number of rotatable bonds is 7. The molecule has 18 heavy (non-hydrogen) atoms. The fraction of sp³-hybridized carbons (Fsp3) is 0.833. The van der Waals surface area contributed by atoms with Crippen LogP contribution in [-0.2, 0) is 9.59 Å². The van der Waals surface area contributed by atoms with Crippen LogP contribution in [0, 0.1) is 0 Å². The zero-order valence-electron chi connectivity index (χ0n) is 10.5. The number of nitrogens with two attached hydrogens (primary N) is 1. The van der Waals surface area contributed by atoms with Gasteiger partial charge in [0.05, 0.1) is 6.10 Å². The second kappa shape index (κ2) is 7.33. The van der Waals surface area contributed by atoms with Gasteiger partial charge in [0.2, 0.25) is 5.91 Å². The molecule has 2 atom stereocenters. The van der Waals surface area contributed by atoms with Crippen molar-refractivity contribution in [2.45, 2.75) is 50.7 Å². The summed E-state index contributed by atoms with van der Waals surface area (Å²) in [5, 5.41) is 18.4. The van der Waals surface area contributed by atoms with Gasteiger partial charge < -0.3 is 20.8 Å². The minimum atomic E-state index is -1.04. The highest BCUT2D eigenvalue weighted by Gasteiger charge is 2.38. The molecule has 0 aromatic heterocycles. The number of hydrogen-bond acceptors (Lipinski definition) is 4. The van der Waals surface area contributed by atoms with Crippen molar-refractivity contribution in [3.8, 4) is 0 Å². The lowest BCUT2D eigenvalue weighted by Gasteiger charge is -2.21. The lowest BCUT2D eigenvalue weighted by Crippen LogP contribution is -2.40. The maximum atomic E-state index is 11.9. The molecule has 0 radical (unpaired) electrons.